The van der Waals surface area contributed by atoms with Crippen molar-refractivity contribution in [1.82, 2.24) is 10.6 Å². The van der Waals surface area contributed by atoms with Gasteiger partial charge in [0.05, 0.1) is 5.41 Å². The van der Waals surface area contributed by atoms with Crippen molar-refractivity contribution in [3.05, 3.63) is 58.7 Å². The molecular formula is C32H45ClN2O6. The van der Waals surface area contributed by atoms with Crippen LogP contribution in [0.2, 0.25) is 5.02 Å². The van der Waals surface area contributed by atoms with Gasteiger partial charge in [-0.3, -0.25) is 14.4 Å². The number of aryl methyl sites for hydroxylation is 1. The average molecular weight is 589 g/mol. The van der Waals surface area contributed by atoms with Crippen LogP contribution in [-0.4, -0.2) is 48.5 Å². The fourth-order valence-electron chi connectivity index (χ4n) is 4.22. The second kappa shape index (κ2) is 15.8. The van der Waals surface area contributed by atoms with Crippen molar-refractivity contribution in [2.75, 3.05) is 6.54 Å². The van der Waals surface area contributed by atoms with Gasteiger partial charge in [0.1, 0.15) is 12.1 Å². The van der Waals surface area contributed by atoms with Crippen LogP contribution >= 0.6 is 11.6 Å². The number of ether oxygens (including phenoxy) is 2. The van der Waals surface area contributed by atoms with Crippen LogP contribution in [0.3, 0.4) is 0 Å². The van der Waals surface area contributed by atoms with E-state index in [-0.39, 0.29) is 31.2 Å². The maximum absolute atomic E-state index is 13.3. The standard InChI is InChI=1S/C32H45ClN2O6/c1-8-9-11-22(5)26-12-10-13-28(36)35-25(18-23-15-14-21(4)24(33)17-23)29(37)34-19-32(6,7)31(39)41-27(16-20(2)3)30(38)40-26/h9-11,13-15,17,20,22,25-27H,8,12,16,18-19H2,1-7H3,(H,34,37)(H,35,36)/b11-9+,13-10+/t22-,25?,26+,27+/m1/s1. The molecule has 0 fully saturated rings. The molecule has 9 heteroatoms. The lowest BCUT2D eigenvalue weighted by atomic mass is 9.93. The van der Waals surface area contributed by atoms with Gasteiger partial charge >= 0.3 is 11.9 Å². The van der Waals surface area contributed by atoms with Crippen molar-refractivity contribution in [1.29, 1.82) is 0 Å². The third-order valence-electron chi connectivity index (χ3n) is 6.93. The number of nitrogens with one attached hydrogen (secondary N) is 2. The van der Waals surface area contributed by atoms with Crippen LogP contribution in [0.1, 0.15) is 71.9 Å². The molecule has 1 heterocycles. The Morgan fingerprint density at radius 1 is 1.12 bits per heavy atom. The molecule has 2 N–H and O–H groups in total. The Bertz CT molecular complexity index is 1140. The molecule has 0 aromatic heterocycles. The van der Waals surface area contributed by atoms with E-state index < -0.39 is 47.4 Å². The number of esters is 2. The summed E-state index contributed by atoms with van der Waals surface area (Å²) in [5.41, 5.74) is 0.526. The summed E-state index contributed by atoms with van der Waals surface area (Å²) >= 11 is 6.29. The predicted molar refractivity (Wildman–Crippen MR) is 160 cm³/mol. The highest BCUT2D eigenvalue weighted by molar-refractivity contribution is 6.31. The first-order valence-corrected chi connectivity index (χ1v) is 14.7. The third kappa shape index (κ3) is 11.0. The number of hydrogen-bond donors (Lipinski definition) is 2. The van der Waals surface area contributed by atoms with Crippen molar-refractivity contribution in [2.45, 2.75) is 92.4 Å². The Hall–Kier alpha value is -3.13. The molecule has 1 aromatic rings. The summed E-state index contributed by atoms with van der Waals surface area (Å²) in [6.07, 6.45) is 6.81. The molecule has 1 aromatic carbocycles. The van der Waals surface area contributed by atoms with Gasteiger partial charge in [-0.05, 0) is 62.8 Å². The van der Waals surface area contributed by atoms with E-state index in [1.807, 2.05) is 58.9 Å². The Morgan fingerprint density at radius 3 is 2.46 bits per heavy atom. The van der Waals surface area contributed by atoms with Gasteiger partial charge < -0.3 is 20.1 Å². The molecule has 1 unspecified atom stereocenters. The highest BCUT2D eigenvalue weighted by atomic mass is 35.5. The zero-order valence-corrected chi connectivity index (χ0v) is 26.0. The lowest BCUT2D eigenvalue weighted by Crippen LogP contribution is -2.51. The molecule has 8 nitrogen and oxygen atoms in total. The largest absolute Gasteiger partial charge is 0.459 e. The summed E-state index contributed by atoms with van der Waals surface area (Å²) in [6.45, 7) is 12.9. The number of amides is 2. The monoisotopic (exact) mass is 588 g/mol. The van der Waals surface area contributed by atoms with Crippen LogP contribution in [-0.2, 0) is 35.1 Å². The summed E-state index contributed by atoms with van der Waals surface area (Å²) < 4.78 is 11.6. The highest BCUT2D eigenvalue weighted by Crippen LogP contribution is 2.23. The smallest absolute Gasteiger partial charge is 0.347 e. The third-order valence-corrected chi connectivity index (χ3v) is 7.34. The molecule has 2 rings (SSSR count). The van der Waals surface area contributed by atoms with Gasteiger partial charge in [-0.1, -0.05) is 69.7 Å². The van der Waals surface area contributed by atoms with Crippen molar-refractivity contribution >= 4 is 35.4 Å². The summed E-state index contributed by atoms with van der Waals surface area (Å²) in [4.78, 5) is 52.7. The van der Waals surface area contributed by atoms with Crippen LogP contribution in [0, 0.1) is 24.2 Å². The minimum absolute atomic E-state index is 0.0595. The van der Waals surface area contributed by atoms with E-state index in [0.29, 0.717) is 11.4 Å². The van der Waals surface area contributed by atoms with Crippen molar-refractivity contribution < 1.29 is 28.7 Å². The van der Waals surface area contributed by atoms with Crippen LogP contribution in [0.4, 0.5) is 0 Å². The van der Waals surface area contributed by atoms with Crippen LogP contribution < -0.4 is 10.6 Å². The number of cyclic esters (lactones) is 2. The van der Waals surface area contributed by atoms with Crippen molar-refractivity contribution in [3.63, 3.8) is 0 Å². The highest BCUT2D eigenvalue weighted by Gasteiger charge is 2.36. The Morgan fingerprint density at radius 2 is 1.83 bits per heavy atom. The van der Waals surface area contributed by atoms with Gasteiger partial charge in [-0.15, -0.1) is 0 Å². The molecular weight excluding hydrogens is 544 g/mol. The first-order chi connectivity index (χ1) is 19.2. The number of carbonyl (C=O) groups excluding carboxylic acids is 4. The Balaban J connectivity index is 2.43. The number of halogens is 1. The Labute approximate surface area is 249 Å². The number of hydrogen-bond acceptors (Lipinski definition) is 6. The summed E-state index contributed by atoms with van der Waals surface area (Å²) in [7, 11) is 0. The lowest BCUT2D eigenvalue weighted by molar-refractivity contribution is -0.178. The van der Waals surface area contributed by atoms with Crippen molar-refractivity contribution in [2.24, 2.45) is 17.3 Å². The first-order valence-electron chi connectivity index (χ1n) is 14.3. The van der Waals surface area contributed by atoms with Gasteiger partial charge in [0, 0.05) is 30.3 Å². The molecule has 1 aliphatic rings. The van der Waals surface area contributed by atoms with Crippen molar-refractivity contribution in [3.8, 4) is 0 Å². The molecule has 0 saturated heterocycles. The second-order valence-corrected chi connectivity index (χ2v) is 12.2. The molecule has 0 radical (unpaired) electrons. The molecule has 2 amide bonds. The molecule has 226 valence electrons. The quantitative estimate of drug-likeness (QED) is 0.332. The fourth-order valence-corrected chi connectivity index (χ4v) is 4.42. The van der Waals surface area contributed by atoms with Crippen LogP contribution in [0.25, 0.3) is 0 Å². The van der Waals surface area contributed by atoms with E-state index >= 15 is 0 Å². The van der Waals surface area contributed by atoms with Gasteiger partial charge in [0.15, 0.2) is 6.10 Å². The summed E-state index contributed by atoms with van der Waals surface area (Å²) in [6, 6.07) is 4.57. The number of rotatable bonds is 7. The molecule has 4 atom stereocenters. The molecule has 0 spiro atoms. The molecule has 0 saturated carbocycles. The van der Waals surface area contributed by atoms with E-state index in [9.17, 15) is 19.2 Å². The van der Waals surface area contributed by atoms with Crippen LogP contribution in [0.5, 0.6) is 0 Å². The first kappa shape index (κ1) is 34.1. The van der Waals surface area contributed by atoms with Gasteiger partial charge in [0.2, 0.25) is 11.8 Å². The maximum atomic E-state index is 13.3. The molecule has 0 aliphatic carbocycles. The molecule has 0 bridgehead atoms. The average Bonchev–Trinajstić information content (AvgIpc) is 2.90. The number of allylic oxidation sites excluding steroid dienone is 1. The number of benzene rings is 1. The zero-order valence-electron chi connectivity index (χ0n) is 25.3. The molecule has 1 aliphatic heterocycles. The van der Waals surface area contributed by atoms with Gasteiger partial charge in [0.25, 0.3) is 0 Å². The minimum Gasteiger partial charge on any atom is -0.459 e. The SMILES string of the molecule is CC/C=C/[C@@H](C)[C@@H]1C/C=C/C(=O)NC(Cc2ccc(C)c(Cl)c2)C(=O)NCC(C)(C)C(=O)O[C@@H](CC(C)C)C(=O)O1. The second-order valence-electron chi connectivity index (χ2n) is 11.8. The maximum Gasteiger partial charge on any atom is 0.347 e. The Kier molecular flexibility index (Phi) is 13.1. The van der Waals surface area contributed by atoms with E-state index in [4.69, 9.17) is 21.1 Å². The van der Waals surface area contributed by atoms with Crippen LogP contribution in [0.15, 0.2) is 42.5 Å². The molecule has 41 heavy (non-hydrogen) atoms. The van der Waals surface area contributed by atoms with Gasteiger partial charge in [-0.25, -0.2) is 4.79 Å². The predicted octanol–water partition coefficient (Wildman–Crippen LogP) is 5.25. The summed E-state index contributed by atoms with van der Waals surface area (Å²) in [5, 5.41) is 6.11. The fraction of sp³-hybridized carbons (Fsp3) is 0.562. The normalized spacial score (nSPS) is 24.4. The van der Waals surface area contributed by atoms with E-state index in [2.05, 4.69) is 10.6 Å². The minimum atomic E-state index is -1.15. The zero-order chi connectivity index (χ0) is 30.7. The number of carbonyl (C=O) groups is 4. The van der Waals surface area contributed by atoms with E-state index in [1.54, 1.807) is 26.0 Å². The summed E-state index contributed by atoms with van der Waals surface area (Å²) in [5.74, 6) is -2.27. The van der Waals surface area contributed by atoms with E-state index in [1.165, 1.54) is 6.08 Å². The van der Waals surface area contributed by atoms with Gasteiger partial charge in [-0.2, -0.15) is 0 Å². The van der Waals surface area contributed by atoms with E-state index in [0.717, 1.165) is 17.5 Å². The lowest BCUT2D eigenvalue weighted by Gasteiger charge is -2.29. The topological polar surface area (TPSA) is 111 Å².